The largest absolute Gasteiger partial charge is 0.489 e. The van der Waals surface area contributed by atoms with Gasteiger partial charge in [-0.25, -0.2) is 0 Å². The molecule has 3 rings (SSSR count). The van der Waals surface area contributed by atoms with E-state index in [0.29, 0.717) is 57.1 Å². The summed E-state index contributed by atoms with van der Waals surface area (Å²) in [7, 11) is 0. The molecule has 0 bridgehead atoms. The van der Waals surface area contributed by atoms with Gasteiger partial charge < -0.3 is 14.4 Å². The number of halogens is 3. The lowest BCUT2D eigenvalue weighted by atomic mass is 10.1. The molecule has 2 heterocycles. The molecule has 1 saturated heterocycles. The number of piperazine rings is 1. The van der Waals surface area contributed by atoms with Crippen LogP contribution in [0.5, 0.6) is 5.75 Å². The van der Waals surface area contributed by atoms with Crippen molar-refractivity contribution in [3.05, 3.63) is 59.9 Å². The second kappa shape index (κ2) is 11.1. The molecule has 1 aliphatic rings. The Morgan fingerprint density at radius 2 is 1.90 bits per heavy atom. The van der Waals surface area contributed by atoms with Crippen molar-refractivity contribution in [1.82, 2.24) is 14.8 Å². The predicted molar refractivity (Wildman–Crippen MR) is 109 cm³/mol. The summed E-state index contributed by atoms with van der Waals surface area (Å²) < 4.78 is 46.6. The zero-order chi connectivity index (χ0) is 22.1. The van der Waals surface area contributed by atoms with Crippen LogP contribution in [0.2, 0.25) is 0 Å². The van der Waals surface area contributed by atoms with Gasteiger partial charge in [-0.2, -0.15) is 13.2 Å². The number of benzene rings is 1. The molecule has 0 radical (unpaired) electrons. The van der Waals surface area contributed by atoms with E-state index in [1.54, 1.807) is 35.5 Å². The maximum Gasteiger partial charge on any atom is 0.411 e. The molecule has 6 nitrogen and oxygen atoms in total. The molecule has 0 saturated carbocycles. The third-order valence-corrected chi connectivity index (χ3v) is 4.90. The highest BCUT2D eigenvalue weighted by Crippen LogP contribution is 2.18. The van der Waals surface area contributed by atoms with E-state index < -0.39 is 12.8 Å². The molecule has 1 aromatic heterocycles. The van der Waals surface area contributed by atoms with Crippen molar-refractivity contribution in [2.24, 2.45) is 0 Å². The number of hydrogen-bond acceptors (Lipinski definition) is 5. The van der Waals surface area contributed by atoms with Gasteiger partial charge in [0, 0.05) is 62.9 Å². The molecule has 0 unspecified atom stereocenters. The summed E-state index contributed by atoms with van der Waals surface area (Å²) in [4.78, 5) is 20.8. The average molecular weight is 437 g/mol. The van der Waals surface area contributed by atoms with E-state index in [1.165, 1.54) is 0 Å². The number of hydrogen-bond donors (Lipinski definition) is 0. The minimum Gasteiger partial charge on any atom is -0.489 e. The SMILES string of the molecule is O=C(c1cccc(OCc2cccnc2)c1)N1CCN(CCCOCC(F)(F)F)CC1. The Bertz CT molecular complexity index is 825. The number of carbonyl (C=O) groups excluding carboxylic acids is 1. The summed E-state index contributed by atoms with van der Waals surface area (Å²) in [6.07, 6.45) is -0.325. The third kappa shape index (κ3) is 7.84. The van der Waals surface area contributed by atoms with Crippen molar-refractivity contribution in [2.75, 3.05) is 45.9 Å². The molecule has 2 aromatic rings. The number of nitrogens with zero attached hydrogens (tertiary/aromatic N) is 3. The van der Waals surface area contributed by atoms with Gasteiger partial charge in [-0.1, -0.05) is 12.1 Å². The molecule has 168 valence electrons. The Labute approximate surface area is 179 Å². The first kappa shape index (κ1) is 23.0. The molecular weight excluding hydrogens is 411 g/mol. The summed E-state index contributed by atoms with van der Waals surface area (Å²) in [5, 5.41) is 0. The summed E-state index contributed by atoms with van der Waals surface area (Å²) in [5.74, 6) is 0.562. The molecule has 1 amide bonds. The average Bonchev–Trinajstić information content (AvgIpc) is 2.77. The molecule has 0 atom stereocenters. The summed E-state index contributed by atoms with van der Waals surface area (Å²) in [6.45, 7) is 2.40. The number of pyridine rings is 1. The van der Waals surface area contributed by atoms with E-state index in [9.17, 15) is 18.0 Å². The fourth-order valence-electron chi connectivity index (χ4n) is 3.30. The van der Waals surface area contributed by atoms with Gasteiger partial charge in [0.2, 0.25) is 0 Å². The zero-order valence-corrected chi connectivity index (χ0v) is 17.2. The van der Waals surface area contributed by atoms with Gasteiger partial charge in [-0.15, -0.1) is 0 Å². The van der Waals surface area contributed by atoms with E-state index in [4.69, 9.17) is 4.74 Å². The van der Waals surface area contributed by atoms with Crippen LogP contribution in [0, 0.1) is 0 Å². The first-order chi connectivity index (χ1) is 14.9. The van der Waals surface area contributed by atoms with Crippen molar-refractivity contribution in [3.8, 4) is 5.75 Å². The number of alkyl halides is 3. The highest BCUT2D eigenvalue weighted by molar-refractivity contribution is 5.94. The van der Waals surface area contributed by atoms with Gasteiger partial charge in [0.05, 0.1) is 0 Å². The van der Waals surface area contributed by atoms with Crippen molar-refractivity contribution in [1.29, 1.82) is 0 Å². The minimum atomic E-state index is -4.28. The van der Waals surface area contributed by atoms with Crippen molar-refractivity contribution >= 4 is 5.91 Å². The van der Waals surface area contributed by atoms with Crippen LogP contribution in [0.3, 0.4) is 0 Å². The Balaban J connectivity index is 1.41. The van der Waals surface area contributed by atoms with Gasteiger partial charge in [0.1, 0.15) is 19.0 Å². The van der Waals surface area contributed by atoms with E-state index in [2.05, 4.69) is 14.6 Å². The lowest BCUT2D eigenvalue weighted by Crippen LogP contribution is -2.49. The van der Waals surface area contributed by atoms with Crippen LogP contribution in [0.25, 0.3) is 0 Å². The number of carbonyl (C=O) groups is 1. The lowest BCUT2D eigenvalue weighted by molar-refractivity contribution is -0.174. The third-order valence-electron chi connectivity index (χ3n) is 4.90. The Hall–Kier alpha value is -2.65. The minimum absolute atomic E-state index is 0.0556. The Kier molecular flexibility index (Phi) is 8.25. The van der Waals surface area contributed by atoms with Gasteiger partial charge in [0.15, 0.2) is 0 Å². The zero-order valence-electron chi connectivity index (χ0n) is 17.2. The van der Waals surface area contributed by atoms with E-state index in [0.717, 1.165) is 5.56 Å². The number of ether oxygens (including phenoxy) is 2. The smallest absolute Gasteiger partial charge is 0.411 e. The van der Waals surface area contributed by atoms with Crippen molar-refractivity contribution < 1.29 is 27.4 Å². The standard InChI is InChI=1S/C22H26F3N3O3/c23-22(24,25)17-30-13-3-8-27-9-11-28(12-10-27)21(29)19-5-1-6-20(14-19)31-16-18-4-2-7-26-15-18/h1-2,4-7,14-15H,3,8-13,16-17H2. The number of amides is 1. The van der Waals surface area contributed by atoms with Crippen LogP contribution in [-0.4, -0.2) is 72.8 Å². The molecule has 0 spiro atoms. The van der Waals surface area contributed by atoms with Crippen LogP contribution in [0.4, 0.5) is 13.2 Å². The molecular formula is C22H26F3N3O3. The highest BCUT2D eigenvalue weighted by Gasteiger charge is 2.27. The van der Waals surface area contributed by atoms with Crippen molar-refractivity contribution in [3.63, 3.8) is 0 Å². The van der Waals surface area contributed by atoms with E-state index in [1.807, 2.05) is 18.2 Å². The van der Waals surface area contributed by atoms with E-state index >= 15 is 0 Å². The van der Waals surface area contributed by atoms with Gasteiger partial charge in [-0.05, 0) is 30.7 Å². The molecule has 0 N–H and O–H groups in total. The first-order valence-electron chi connectivity index (χ1n) is 10.2. The van der Waals surface area contributed by atoms with Gasteiger partial charge in [-0.3, -0.25) is 14.7 Å². The first-order valence-corrected chi connectivity index (χ1v) is 10.2. The predicted octanol–water partition coefficient (Wildman–Crippen LogP) is 3.39. The Morgan fingerprint density at radius 1 is 1.10 bits per heavy atom. The molecule has 9 heteroatoms. The van der Waals surface area contributed by atoms with Crippen LogP contribution in [0.1, 0.15) is 22.3 Å². The molecule has 0 aliphatic carbocycles. The molecule has 1 fully saturated rings. The van der Waals surface area contributed by atoms with Crippen LogP contribution >= 0.6 is 0 Å². The molecule has 1 aliphatic heterocycles. The molecule has 1 aromatic carbocycles. The summed E-state index contributed by atoms with van der Waals surface area (Å²) >= 11 is 0. The summed E-state index contributed by atoms with van der Waals surface area (Å²) in [5.41, 5.74) is 1.51. The fourth-order valence-corrected chi connectivity index (χ4v) is 3.30. The van der Waals surface area contributed by atoms with Crippen LogP contribution in [0.15, 0.2) is 48.8 Å². The fraction of sp³-hybridized carbons (Fsp3) is 0.455. The second-order valence-corrected chi connectivity index (χ2v) is 7.33. The lowest BCUT2D eigenvalue weighted by Gasteiger charge is -2.34. The quantitative estimate of drug-likeness (QED) is 0.563. The second-order valence-electron chi connectivity index (χ2n) is 7.33. The van der Waals surface area contributed by atoms with Gasteiger partial charge >= 0.3 is 6.18 Å². The maximum absolute atomic E-state index is 12.8. The van der Waals surface area contributed by atoms with Gasteiger partial charge in [0.25, 0.3) is 5.91 Å². The van der Waals surface area contributed by atoms with Crippen LogP contribution in [-0.2, 0) is 11.3 Å². The highest BCUT2D eigenvalue weighted by atomic mass is 19.4. The Morgan fingerprint density at radius 3 is 2.61 bits per heavy atom. The van der Waals surface area contributed by atoms with Crippen LogP contribution < -0.4 is 4.74 Å². The normalized spacial score (nSPS) is 15.1. The summed E-state index contributed by atoms with van der Waals surface area (Å²) in [6, 6.07) is 10.9. The van der Waals surface area contributed by atoms with E-state index in [-0.39, 0.29) is 12.5 Å². The molecule has 31 heavy (non-hydrogen) atoms. The maximum atomic E-state index is 12.8. The topological polar surface area (TPSA) is 54.9 Å². The van der Waals surface area contributed by atoms with Crippen molar-refractivity contribution in [2.45, 2.75) is 19.2 Å². The number of rotatable bonds is 9. The number of aromatic nitrogens is 1. The monoisotopic (exact) mass is 437 g/mol.